The van der Waals surface area contributed by atoms with Crippen molar-refractivity contribution in [2.75, 3.05) is 26.7 Å². The number of likely N-dealkylation sites (tertiary alicyclic amines) is 1. The smallest absolute Gasteiger partial charge is 0.256 e. The summed E-state index contributed by atoms with van der Waals surface area (Å²) in [7, 11) is 1.65. The summed E-state index contributed by atoms with van der Waals surface area (Å²) in [5, 5.41) is 10.6. The average Bonchev–Trinajstić information content (AvgIpc) is 3.19. The molecular weight excluding hydrogens is 506 g/mol. The molecule has 208 valence electrons. The summed E-state index contributed by atoms with van der Waals surface area (Å²) >= 11 is 0. The topological polar surface area (TPSA) is 117 Å². The number of carbonyl (C=O) groups excluding carboxylic acids is 3. The molecule has 40 heavy (non-hydrogen) atoms. The number of piperidine rings is 1. The van der Waals surface area contributed by atoms with Gasteiger partial charge < -0.3 is 20.7 Å². The Morgan fingerprint density at radius 1 is 1.07 bits per heavy atom. The van der Waals surface area contributed by atoms with Crippen LogP contribution in [0.1, 0.15) is 25.8 Å². The highest BCUT2D eigenvalue weighted by Crippen LogP contribution is 2.38. The van der Waals surface area contributed by atoms with E-state index in [4.69, 9.17) is 10.5 Å². The van der Waals surface area contributed by atoms with Crippen molar-refractivity contribution in [3.05, 3.63) is 78.4 Å². The van der Waals surface area contributed by atoms with E-state index in [1.54, 1.807) is 25.8 Å². The number of nitrogens with two attached hydrogens (primary N) is 1. The lowest BCUT2D eigenvalue weighted by Gasteiger charge is -2.40. The molecule has 9 heteroatoms. The zero-order valence-electron chi connectivity index (χ0n) is 23.1. The molecule has 2 aliphatic heterocycles. The number of rotatable bonds is 8. The Balaban J connectivity index is 1.41. The largest absolute Gasteiger partial charge is 0.490 e. The van der Waals surface area contributed by atoms with Crippen molar-refractivity contribution < 1.29 is 19.1 Å². The SMILES string of the molecule is CN1N=C2CCN(C(=O)C(COc3cccc4ccccc34)NC(=O)C(C)(C)N)C[C@@]2(Cc2ccccc2)C1=O. The van der Waals surface area contributed by atoms with Gasteiger partial charge in [-0.15, -0.1) is 0 Å². The number of ether oxygens (including phenoxy) is 1. The van der Waals surface area contributed by atoms with Gasteiger partial charge >= 0.3 is 0 Å². The normalized spacial score (nSPS) is 19.7. The summed E-state index contributed by atoms with van der Waals surface area (Å²) in [6, 6.07) is 22.3. The second-order valence-electron chi connectivity index (χ2n) is 11.2. The van der Waals surface area contributed by atoms with E-state index >= 15 is 0 Å². The maximum absolute atomic E-state index is 14.0. The van der Waals surface area contributed by atoms with Gasteiger partial charge in [0.15, 0.2) is 0 Å². The Bertz CT molecular complexity index is 1460. The Morgan fingerprint density at radius 3 is 2.52 bits per heavy atom. The van der Waals surface area contributed by atoms with Crippen LogP contribution < -0.4 is 15.8 Å². The van der Waals surface area contributed by atoms with Crippen LogP contribution in [0.15, 0.2) is 77.9 Å². The molecule has 3 amide bonds. The minimum Gasteiger partial charge on any atom is -0.490 e. The van der Waals surface area contributed by atoms with E-state index in [1.807, 2.05) is 72.8 Å². The van der Waals surface area contributed by atoms with Crippen LogP contribution in [0.3, 0.4) is 0 Å². The summed E-state index contributed by atoms with van der Waals surface area (Å²) < 4.78 is 6.15. The van der Waals surface area contributed by atoms with Gasteiger partial charge in [-0.3, -0.25) is 14.4 Å². The number of hydrogen-bond acceptors (Lipinski definition) is 6. The first-order valence-electron chi connectivity index (χ1n) is 13.5. The van der Waals surface area contributed by atoms with E-state index in [0.29, 0.717) is 25.1 Å². The highest BCUT2D eigenvalue weighted by molar-refractivity contribution is 6.13. The van der Waals surface area contributed by atoms with Gasteiger partial charge in [0.1, 0.15) is 23.8 Å². The van der Waals surface area contributed by atoms with Gasteiger partial charge in [-0.1, -0.05) is 66.7 Å². The molecule has 0 radical (unpaired) electrons. The number of hydrazone groups is 1. The maximum Gasteiger partial charge on any atom is 0.256 e. The standard InChI is InChI=1S/C31H35N5O4/c1-30(2,32)28(38)33-24(19-40-25-15-9-13-22-12-7-8-14-23(22)25)27(37)36-17-16-26-31(20-36,29(39)35(3)34-26)18-21-10-5-4-6-11-21/h4-15,24H,16-20,32H2,1-3H3,(H,33,38)/t24?,31-/m1/s1. The van der Waals surface area contributed by atoms with E-state index in [-0.39, 0.29) is 25.0 Å². The van der Waals surface area contributed by atoms with Crippen LogP contribution in [-0.4, -0.2) is 71.7 Å². The van der Waals surface area contributed by atoms with Gasteiger partial charge in [0, 0.05) is 31.9 Å². The fraction of sp³-hybridized carbons (Fsp3) is 0.355. The molecule has 1 unspecified atom stereocenters. The molecule has 3 aromatic rings. The first kappa shape index (κ1) is 27.3. The van der Waals surface area contributed by atoms with Crippen molar-refractivity contribution in [2.24, 2.45) is 16.3 Å². The number of nitrogens with one attached hydrogen (secondary N) is 1. The molecule has 0 saturated carbocycles. The highest BCUT2D eigenvalue weighted by atomic mass is 16.5. The van der Waals surface area contributed by atoms with Crippen LogP contribution in [0.5, 0.6) is 5.75 Å². The summed E-state index contributed by atoms with van der Waals surface area (Å²) in [4.78, 5) is 42.1. The van der Waals surface area contributed by atoms with E-state index in [0.717, 1.165) is 22.0 Å². The molecular formula is C31H35N5O4. The quantitative estimate of drug-likeness (QED) is 0.455. The Hall–Kier alpha value is -4.24. The molecule has 2 atom stereocenters. The molecule has 0 bridgehead atoms. The van der Waals surface area contributed by atoms with Crippen LogP contribution >= 0.6 is 0 Å². The zero-order chi connectivity index (χ0) is 28.5. The number of nitrogens with zero attached hydrogens (tertiary/aromatic N) is 3. The lowest BCUT2D eigenvalue weighted by atomic mass is 9.73. The van der Waals surface area contributed by atoms with Crippen LogP contribution in [0.2, 0.25) is 0 Å². The number of carbonyl (C=O) groups is 3. The van der Waals surface area contributed by atoms with E-state index < -0.39 is 22.9 Å². The molecule has 2 aliphatic rings. The van der Waals surface area contributed by atoms with Crippen LogP contribution in [-0.2, 0) is 20.8 Å². The lowest BCUT2D eigenvalue weighted by Crippen LogP contribution is -2.62. The molecule has 0 aromatic heterocycles. The van der Waals surface area contributed by atoms with Gasteiger partial charge in [-0.2, -0.15) is 5.10 Å². The van der Waals surface area contributed by atoms with Crippen molar-refractivity contribution in [2.45, 2.75) is 38.3 Å². The second-order valence-corrected chi connectivity index (χ2v) is 11.2. The second kappa shape index (κ2) is 10.7. The van der Waals surface area contributed by atoms with Gasteiger partial charge in [-0.05, 0) is 37.3 Å². The van der Waals surface area contributed by atoms with Crippen LogP contribution in [0, 0.1) is 5.41 Å². The van der Waals surface area contributed by atoms with Crippen molar-refractivity contribution in [1.29, 1.82) is 0 Å². The van der Waals surface area contributed by atoms with Gasteiger partial charge in [0.05, 0.1) is 11.3 Å². The molecule has 0 spiro atoms. The first-order chi connectivity index (χ1) is 19.1. The molecule has 3 aromatic carbocycles. The molecule has 5 rings (SSSR count). The molecule has 2 heterocycles. The minimum atomic E-state index is -1.20. The van der Waals surface area contributed by atoms with Crippen LogP contribution in [0.25, 0.3) is 10.8 Å². The van der Waals surface area contributed by atoms with E-state index in [9.17, 15) is 14.4 Å². The van der Waals surface area contributed by atoms with Crippen molar-refractivity contribution >= 4 is 34.2 Å². The Kier molecular flexibility index (Phi) is 7.33. The van der Waals surface area contributed by atoms with Crippen molar-refractivity contribution in [3.8, 4) is 5.75 Å². The van der Waals surface area contributed by atoms with Crippen molar-refractivity contribution in [1.82, 2.24) is 15.2 Å². The fourth-order valence-electron chi connectivity index (χ4n) is 5.45. The fourth-order valence-corrected chi connectivity index (χ4v) is 5.45. The Morgan fingerprint density at radius 2 is 1.77 bits per heavy atom. The maximum atomic E-state index is 14.0. The zero-order valence-corrected chi connectivity index (χ0v) is 23.1. The van der Waals surface area contributed by atoms with Gasteiger partial charge in [-0.25, -0.2) is 5.01 Å². The third kappa shape index (κ3) is 5.29. The predicted molar refractivity (Wildman–Crippen MR) is 154 cm³/mol. The monoisotopic (exact) mass is 541 g/mol. The van der Waals surface area contributed by atoms with Crippen molar-refractivity contribution in [3.63, 3.8) is 0 Å². The summed E-state index contributed by atoms with van der Waals surface area (Å²) in [5.74, 6) is -0.327. The summed E-state index contributed by atoms with van der Waals surface area (Å²) in [6.45, 7) is 3.62. The van der Waals surface area contributed by atoms with E-state index in [1.165, 1.54) is 5.01 Å². The molecule has 1 fully saturated rings. The van der Waals surface area contributed by atoms with Gasteiger partial charge in [0.25, 0.3) is 5.91 Å². The number of hydrogen-bond donors (Lipinski definition) is 2. The lowest BCUT2D eigenvalue weighted by molar-refractivity contribution is -0.143. The average molecular weight is 542 g/mol. The number of benzene rings is 3. The van der Waals surface area contributed by atoms with Crippen LogP contribution in [0.4, 0.5) is 0 Å². The molecule has 3 N–H and O–H groups in total. The molecule has 1 saturated heterocycles. The Labute approximate surface area is 234 Å². The minimum absolute atomic E-state index is 0.0916. The highest BCUT2D eigenvalue weighted by Gasteiger charge is 2.54. The predicted octanol–water partition coefficient (Wildman–Crippen LogP) is 2.73. The number of fused-ring (bicyclic) bond motifs is 2. The third-order valence-electron chi connectivity index (χ3n) is 7.61. The molecule has 9 nitrogen and oxygen atoms in total. The third-order valence-corrected chi connectivity index (χ3v) is 7.61. The first-order valence-corrected chi connectivity index (χ1v) is 13.5. The number of amides is 3. The molecule has 0 aliphatic carbocycles. The van der Waals surface area contributed by atoms with E-state index in [2.05, 4.69) is 10.4 Å². The summed E-state index contributed by atoms with van der Waals surface area (Å²) in [5.41, 5.74) is 5.67. The summed E-state index contributed by atoms with van der Waals surface area (Å²) in [6.07, 6.45) is 0.890. The van der Waals surface area contributed by atoms with Gasteiger partial charge in [0.2, 0.25) is 11.8 Å².